The highest BCUT2D eigenvalue weighted by atomic mass is 35.5. The molecule has 2 amide bonds. The largest absolute Gasteiger partial charge is 0.354 e. The van der Waals surface area contributed by atoms with Crippen LogP contribution < -0.4 is 9.62 Å². The molecular formula is C34H35ClFN3O4S. The predicted molar refractivity (Wildman–Crippen MR) is 171 cm³/mol. The van der Waals surface area contributed by atoms with Gasteiger partial charge in [-0.2, -0.15) is 0 Å². The highest BCUT2D eigenvalue weighted by molar-refractivity contribution is 7.92. The smallest absolute Gasteiger partial charge is 0.264 e. The van der Waals surface area contributed by atoms with Crippen LogP contribution in [-0.4, -0.2) is 44.3 Å². The first kappa shape index (κ1) is 32.7. The van der Waals surface area contributed by atoms with Gasteiger partial charge in [0, 0.05) is 24.5 Å². The van der Waals surface area contributed by atoms with E-state index in [9.17, 15) is 22.4 Å². The summed E-state index contributed by atoms with van der Waals surface area (Å²) in [6.07, 6.45) is 0.873. The number of sulfonamides is 1. The predicted octanol–water partition coefficient (Wildman–Crippen LogP) is 6.15. The summed E-state index contributed by atoms with van der Waals surface area (Å²) < 4.78 is 43.0. The average Bonchev–Trinajstić information content (AvgIpc) is 3.03. The number of rotatable bonds is 13. The maximum Gasteiger partial charge on any atom is 0.264 e. The first-order valence-corrected chi connectivity index (χ1v) is 16.1. The van der Waals surface area contributed by atoms with E-state index < -0.39 is 34.3 Å². The van der Waals surface area contributed by atoms with Crippen LogP contribution in [0.4, 0.5) is 10.1 Å². The molecule has 1 N–H and O–H groups in total. The van der Waals surface area contributed by atoms with Crippen molar-refractivity contribution in [2.45, 2.75) is 44.2 Å². The number of hydrogen-bond acceptors (Lipinski definition) is 4. The fraction of sp³-hybridized carbons (Fsp3) is 0.235. The second kappa shape index (κ2) is 15.0. The van der Waals surface area contributed by atoms with Gasteiger partial charge < -0.3 is 10.2 Å². The molecule has 0 aromatic heterocycles. The monoisotopic (exact) mass is 635 g/mol. The summed E-state index contributed by atoms with van der Waals surface area (Å²) in [6, 6.07) is 26.6. The molecule has 0 unspecified atom stereocenters. The number of nitrogens with zero attached hydrogens (tertiary/aromatic N) is 2. The third-order valence-corrected chi connectivity index (χ3v) is 9.15. The van der Waals surface area contributed by atoms with Gasteiger partial charge in [-0.3, -0.25) is 13.9 Å². The van der Waals surface area contributed by atoms with E-state index in [1.807, 2.05) is 37.3 Å². The van der Waals surface area contributed by atoms with Crippen molar-refractivity contribution in [3.63, 3.8) is 0 Å². The minimum atomic E-state index is -4.24. The Morgan fingerprint density at radius 1 is 0.886 bits per heavy atom. The highest BCUT2D eigenvalue weighted by Gasteiger charge is 2.35. The Bertz CT molecular complexity index is 1670. The Labute approximate surface area is 263 Å². The summed E-state index contributed by atoms with van der Waals surface area (Å²) in [4.78, 5) is 29.4. The topological polar surface area (TPSA) is 86.8 Å². The van der Waals surface area contributed by atoms with E-state index in [0.717, 1.165) is 9.87 Å². The lowest BCUT2D eigenvalue weighted by Gasteiger charge is -2.34. The van der Waals surface area contributed by atoms with Gasteiger partial charge in [-0.05, 0) is 66.4 Å². The van der Waals surface area contributed by atoms with E-state index in [1.165, 1.54) is 35.2 Å². The summed E-state index contributed by atoms with van der Waals surface area (Å²) in [6.45, 7) is 3.40. The van der Waals surface area contributed by atoms with Crippen molar-refractivity contribution in [3.8, 4) is 0 Å². The van der Waals surface area contributed by atoms with Gasteiger partial charge in [0.15, 0.2) is 0 Å². The first-order chi connectivity index (χ1) is 21.1. The molecule has 4 aromatic carbocycles. The number of aryl methyl sites for hydroxylation is 1. The van der Waals surface area contributed by atoms with E-state index in [4.69, 9.17) is 11.6 Å². The molecule has 0 fully saturated rings. The van der Waals surface area contributed by atoms with Gasteiger partial charge in [0.1, 0.15) is 18.4 Å². The number of carbonyl (C=O) groups excluding carboxylic acids is 2. The Morgan fingerprint density at radius 3 is 2.16 bits per heavy atom. The average molecular weight is 636 g/mol. The van der Waals surface area contributed by atoms with Gasteiger partial charge in [-0.1, -0.05) is 85.3 Å². The van der Waals surface area contributed by atoms with Gasteiger partial charge in [0.2, 0.25) is 11.8 Å². The molecule has 0 saturated carbocycles. The molecule has 4 rings (SSSR count). The van der Waals surface area contributed by atoms with Crippen LogP contribution in [0.25, 0.3) is 0 Å². The lowest BCUT2D eigenvalue weighted by Crippen LogP contribution is -2.53. The van der Waals surface area contributed by atoms with Crippen LogP contribution in [0.1, 0.15) is 30.0 Å². The first-order valence-electron chi connectivity index (χ1n) is 14.3. The fourth-order valence-corrected chi connectivity index (χ4v) is 6.45. The number of amides is 2. The Kier molecular flexibility index (Phi) is 11.1. The van der Waals surface area contributed by atoms with Crippen molar-refractivity contribution >= 4 is 39.1 Å². The molecule has 44 heavy (non-hydrogen) atoms. The van der Waals surface area contributed by atoms with E-state index in [2.05, 4.69) is 5.32 Å². The lowest BCUT2D eigenvalue weighted by atomic mass is 10.0. The van der Waals surface area contributed by atoms with Gasteiger partial charge in [-0.25, -0.2) is 12.8 Å². The number of nitrogens with one attached hydrogen (secondary N) is 1. The zero-order valence-electron chi connectivity index (χ0n) is 24.6. The van der Waals surface area contributed by atoms with Crippen molar-refractivity contribution in [3.05, 3.63) is 131 Å². The van der Waals surface area contributed by atoms with Gasteiger partial charge in [-0.15, -0.1) is 0 Å². The molecule has 0 aliphatic carbocycles. The Hall–Kier alpha value is -4.21. The lowest BCUT2D eigenvalue weighted by molar-refractivity contribution is -0.140. The van der Waals surface area contributed by atoms with Crippen molar-refractivity contribution in [1.82, 2.24) is 10.2 Å². The second-order valence-corrected chi connectivity index (χ2v) is 12.7. The van der Waals surface area contributed by atoms with E-state index >= 15 is 0 Å². The number of hydrogen-bond donors (Lipinski definition) is 1. The second-order valence-electron chi connectivity index (χ2n) is 10.4. The molecular weight excluding hydrogens is 601 g/mol. The minimum absolute atomic E-state index is 0.00113. The zero-order chi connectivity index (χ0) is 31.7. The van der Waals surface area contributed by atoms with Crippen LogP contribution in [-0.2, 0) is 32.6 Å². The van der Waals surface area contributed by atoms with E-state index in [0.29, 0.717) is 29.1 Å². The van der Waals surface area contributed by atoms with E-state index in [-0.39, 0.29) is 29.5 Å². The van der Waals surface area contributed by atoms with Crippen LogP contribution in [0.3, 0.4) is 0 Å². The summed E-state index contributed by atoms with van der Waals surface area (Å²) in [5.41, 5.74) is 2.23. The summed E-state index contributed by atoms with van der Waals surface area (Å²) in [7, 11) is -4.24. The van der Waals surface area contributed by atoms with Gasteiger partial charge in [0.05, 0.1) is 10.6 Å². The van der Waals surface area contributed by atoms with Crippen LogP contribution in [0.5, 0.6) is 0 Å². The molecule has 0 spiro atoms. The van der Waals surface area contributed by atoms with Crippen molar-refractivity contribution in [1.29, 1.82) is 0 Å². The number of carbonyl (C=O) groups is 2. The molecule has 4 aromatic rings. The normalized spacial score (nSPS) is 11.9. The SMILES string of the molecule is CCCNC(=O)[C@@H](Cc1ccccc1)N(Cc1ccc(F)cc1)C(=O)CN(c1cc(Cl)ccc1C)S(=O)(=O)c1ccccc1. The molecule has 0 aliphatic heterocycles. The summed E-state index contributed by atoms with van der Waals surface area (Å²) in [5.74, 6) is -1.42. The van der Waals surface area contributed by atoms with Crippen LogP contribution in [0, 0.1) is 12.7 Å². The molecule has 0 aliphatic rings. The highest BCUT2D eigenvalue weighted by Crippen LogP contribution is 2.30. The summed E-state index contributed by atoms with van der Waals surface area (Å²) >= 11 is 6.31. The van der Waals surface area contributed by atoms with Crippen LogP contribution >= 0.6 is 11.6 Å². The molecule has 0 saturated heterocycles. The molecule has 0 radical (unpaired) electrons. The third kappa shape index (κ3) is 8.24. The quantitative estimate of drug-likeness (QED) is 0.191. The Balaban J connectivity index is 1.81. The van der Waals surface area contributed by atoms with Crippen molar-refractivity contribution in [2.75, 3.05) is 17.4 Å². The Morgan fingerprint density at radius 2 is 1.52 bits per heavy atom. The number of benzene rings is 4. The fourth-order valence-electron chi connectivity index (χ4n) is 4.79. The number of halogens is 2. The van der Waals surface area contributed by atoms with Gasteiger partial charge in [0.25, 0.3) is 10.0 Å². The van der Waals surface area contributed by atoms with Crippen molar-refractivity contribution in [2.24, 2.45) is 0 Å². The maximum atomic E-state index is 14.4. The maximum absolute atomic E-state index is 14.4. The molecule has 0 heterocycles. The zero-order valence-corrected chi connectivity index (χ0v) is 26.2. The number of anilines is 1. The molecule has 7 nitrogen and oxygen atoms in total. The molecule has 10 heteroatoms. The summed E-state index contributed by atoms with van der Waals surface area (Å²) in [5, 5.41) is 3.20. The molecule has 1 atom stereocenters. The molecule has 0 bridgehead atoms. The minimum Gasteiger partial charge on any atom is -0.354 e. The van der Waals surface area contributed by atoms with Crippen LogP contribution in [0.2, 0.25) is 5.02 Å². The van der Waals surface area contributed by atoms with Gasteiger partial charge >= 0.3 is 0 Å². The molecule has 230 valence electrons. The third-order valence-electron chi connectivity index (χ3n) is 7.14. The van der Waals surface area contributed by atoms with Crippen LogP contribution in [0.15, 0.2) is 108 Å². The van der Waals surface area contributed by atoms with E-state index in [1.54, 1.807) is 49.4 Å². The van der Waals surface area contributed by atoms with Crippen molar-refractivity contribution < 1.29 is 22.4 Å². The standard InChI is InChI=1S/C34H35ClFN3O4S/c1-3-20-37-34(41)32(21-26-10-6-4-7-11-26)38(23-27-15-18-29(36)19-16-27)33(40)24-39(31-22-28(35)17-14-25(31)2)44(42,43)30-12-8-5-9-13-30/h4-19,22,32H,3,20-21,23-24H2,1-2H3,(H,37,41)/t32-/m1/s1.